The van der Waals surface area contributed by atoms with Gasteiger partial charge < -0.3 is 9.32 Å². The Labute approximate surface area is 165 Å². The number of carbonyl (C=O) groups excluding carboxylic acids is 1. The molecule has 0 radical (unpaired) electrons. The van der Waals surface area contributed by atoms with Crippen molar-refractivity contribution in [3.8, 4) is 0 Å². The van der Waals surface area contributed by atoms with Crippen LogP contribution < -0.4 is 0 Å². The van der Waals surface area contributed by atoms with Gasteiger partial charge in [-0.25, -0.2) is 13.4 Å². The fourth-order valence-corrected chi connectivity index (χ4v) is 6.08. The Morgan fingerprint density at radius 2 is 1.96 bits per heavy atom. The molecular weight excluding hydrogens is 378 g/mol. The van der Waals surface area contributed by atoms with Gasteiger partial charge in [0.05, 0.1) is 17.5 Å². The van der Waals surface area contributed by atoms with E-state index in [-0.39, 0.29) is 35.4 Å². The molecule has 1 aromatic heterocycles. The molecule has 0 bridgehead atoms. The quantitative estimate of drug-likeness (QED) is 0.774. The highest BCUT2D eigenvalue weighted by molar-refractivity contribution is 7.91. The minimum atomic E-state index is -3.00. The van der Waals surface area contributed by atoms with Crippen molar-refractivity contribution in [2.75, 3.05) is 31.6 Å². The number of rotatable bonds is 4. The van der Waals surface area contributed by atoms with Gasteiger partial charge in [0, 0.05) is 19.0 Å². The van der Waals surface area contributed by atoms with E-state index < -0.39 is 9.84 Å². The summed E-state index contributed by atoms with van der Waals surface area (Å²) in [7, 11) is -1.27. The van der Waals surface area contributed by atoms with E-state index in [4.69, 9.17) is 4.42 Å². The van der Waals surface area contributed by atoms with Crippen molar-refractivity contribution in [1.82, 2.24) is 14.8 Å². The number of fused-ring (bicyclic) bond motifs is 1. The van der Waals surface area contributed by atoms with E-state index in [1.165, 1.54) is 0 Å². The van der Waals surface area contributed by atoms with Crippen LogP contribution in [0.4, 0.5) is 0 Å². The summed E-state index contributed by atoms with van der Waals surface area (Å²) in [5.74, 6) is 1.32. The van der Waals surface area contributed by atoms with Crippen molar-refractivity contribution in [1.29, 1.82) is 0 Å². The molecule has 2 atom stereocenters. The van der Waals surface area contributed by atoms with Crippen LogP contribution in [0.15, 0.2) is 28.7 Å². The Morgan fingerprint density at radius 3 is 2.61 bits per heavy atom. The predicted molar refractivity (Wildman–Crippen MR) is 107 cm³/mol. The summed E-state index contributed by atoms with van der Waals surface area (Å²) in [6.45, 7) is 3.52. The molecule has 7 nitrogen and oxygen atoms in total. The van der Waals surface area contributed by atoms with Crippen LogP contribution in [-0.4, -0.2) is 72.8 Å². The molecule has 2 saturated heterocycles. The normalized spacial score (nSPS) is 24.4. The van der Waals surface area contributed by atoms with Crippen molar-refractivity contribution in [3.63, 3.8) is 0 Å². The Hall–Kier alpha value is -1.93. The number of likely N-dealkylation sites (tertiary alicyclic amines) is 1. The average Bonchev–Trinajstić information content (AvgIpc) is 3.29. The lowest BCUT2D eigenvalue weighted by molar-refractivity contribution is -0.137. The number of hydrogen-bond acceptors (Lipinski definition) is 6. The fourth-order valence-electron chi connectivity index (χ4n) is 4.31. The topological polar surface area (TPSA) is 83.7 Å². The average molecular weight is 406 g/mol. The molecule has 0 aliphatic carbocycles. The summed E-state index contributed by atoms with van der Waals surface area (Å²) < 4.78 is 29.3. The molecule has 1 amide bonds. The van der Waals surface area contributed by atoms with Gasteiger partial charge in [-0.2, -0.15) is 0 Å². The molecule has 2 fully saturated rings. The molecule has 2 aromatic rings. The van der Waals surface area contributed by atoms with E-state index in [1.54, 1.807) is 11.9 Å². The summed E-state index contributed by atoms with van der Waals surface area (Å²) in [6, 6.07) is 7.34. The monoisotopic (exact) mass is 405 g/mol. The number of amides is 1. The second-order valence-corrected chi connectivity index (χ2v) is 10.2. The molecule has 2 aliphatic heterocycles. The van der Waals surface area contributed by atoms with E-state index in [0.29, 0.717) is 6.42 Å². The van der Waals surface area contributed by atoms with E-state index >= 15 is 0 Å². The Morgan fingerprint density at radius 1 is 1.25 bits per heavy atom. The predicted octanol–water partition coefficient (Wildman–Crippen LogP) is 2.04. The van der Waals surface area contributed by atoms with Gasteiger partial charge in [0.15, 0.2) is 21.3 Å². The molecule has 28 heavy (non-hydrogen) atoms. The van der Waals surface area contributed by atoms with Crippen LogP contribution in [0.5, 0.6) is 0 Å². The zero-order valence-corrected chi connectivity index (χ0v) is 17.2. The molecule has 0 spiro atoms. The smallest absolute Gasteiger partial charge is 0.239 e. The molecule has 4 rings (SSSR count). The largest absolute Gasteiger partial charge is 0.440 e. The molecule has 1 aromatic carbocycles. The third kappa shape index (κ3) is 3.80. The molecule has 0 N–H and O–H groups in total. The number of carbonyl (C=O) groups is 1. The van der Waals surface area contributed by atoms with Crippen LogP contribution in [0.1, 0.15) is 38.0 Å². The van der Waals surface area contributed by atoms with E-state index in [9.17, 15) is 13.2 Å². The molecular formula is C20H27N3O4S. The van der Waals surface area contributed by atoms with Crippen molar-refractivity contribution < 1.29 is 17.6 Å². The molecule has 0 saturated carbocycles. The maximum absolute atomic E-state index is 12.9. The summed E-state index contributed by atoms with van der Waals surface area (Å²) in [4.78, 5) is 21.3. The SMILES string of the molecule is CC(C(=O)N(C)C1CCS(=O)(=O)C1)N1CCC(c2nc3ccccc3o2)CC1. The number of likely N-dealkylation sites (N-methyl/N-ethyl adjacent to an activating group) is 1. The number of benzene rings is 1. The molecule has 8 heteroatoms. The van der Waals surface area contributed by atoms with Crippen molar-refractivity contribution in [2.24, 2.45) is 0 Å². The highest BCUT2D eigenvalue weighted by Crippen LogP contribution is 2.31. The molecule has 152 valence electrons. The van der Waals surface area contributed by atoms with Crippen LogP contribution in [0.25, 0.3) is 11.1 Å². The Kier molecular flexibility index (Phi) is 5.18. The van der Waals surface area contributed by atoms with Crippen LogP contribution in [0.3, 0.4) is 0 Å². The minimum Gasteiger partial charge on any atom is -0.440 e. The van der Waals surface area contributed by atoms with Crippen LogP contribution >= 0.6 is 0 Å². The summed E-state index contributed by atoms with van der Waals surface area (Å²) in [6.07, 6.45) is 2.33. The molecule has 3 heterocycles. The number of sulfone groups is 1. The van der Waals surface area contributed by atoms with Crippen molar-refractivity contribution in [2.45, 2.75) is 44.2 Å². The second kappa shape index (κ2) is 7.48. The maximum atomic E-state index is 12.9. The third-order valence-electron chi connectivity index (χ3n) is 6.20. The van der Waals surface area contributed by atoms with Gasteiger partial charge in [0.25, 0.3) is 0 Å². The van der Waals surface area contributed by atoms with Gasteiger partial charge in [-0.1, -0.05) is 12.1 Å². The maximum Gasteiger partial charge on any atom is 0.239 e. The molecule has 2 unspecified atom stereocenters. The second-order valence-electron chi connectivity index (χ2n) is 8.01. The van der Waals surface area contributed by atoms with Gasteiger partial charge in [-0.3, -0.25) is 9.69 Å². The Bertz CT molecular complexity index is 930. The lowest BCUT2D eigenvalue weighted by Gasteiger charge is -2.37. The fraction of sp³-hybridized carbons (Fsp3) is 0.600. The number of para-hydroxylation sites is 2. The van der Waals surface area contributed by atoms with Crippen molar-refractivity contribution >= 4 is 26.8 Å². The number of oxazole rings is 1. The summed E-state index contributed by atoms with van der Waals surface area (Å²) >= 11 is 0. The standard InChI is InChI=1S/C20H27N3O4S/c1-14(20(24)22(2)16-9-12-28(25,26)13-16)23-10-7-15(8-11-23)19-21-17-5-3-4-6-18(17)27-19/h3-6,14-16H,7-13H2,1-2H3. The van der Waals surface area contributed by atoms with Gasteiger partial charge >= 0.3 is 0 Å². The van der Waals surface area contributed by atoms with Crippen molar-refractivity contribution in [3.05, 3.63) is 30.2 Å². The lowest BCUT2D eigenvalue weighted by atomic mass is 9.95. The summed E-state index contributed by atoms with van der Waals surface area (Å²) in [5.41, 5.74) is 1.70. The van der Waals surface area contributed by atoms with Gasteiger partial charge in [-0.15, -0.1) is 0 Å². The first kappa shape index (κ1) is 19.4. The third-order valence-corrected chi connectivity index (χ3v) is 7.95. The highest BCUT2D eigenvalue weighted by Gasteiger charge is 2.36. The Balaban J connectivity index is 1.35. The highest BCUT2D eigenvalue weighted by atomic mass is 32.2. The van der Waals surface area contributed by atoms with Crippen LogP contribution in [0, 0.1) is 0 Å². The number of nitrogens with zero attached hydrogens (tertiary/aromatic N) is 3. The van der Waals surface area contributed by atoms with Gasteiger partial charge in [0.1, 0.15) is 5.52 Å². The van der Waals surface area contributed by atoms with E-state index in [2.05, 4.69) is 9.88 Å². The van der Waals surface area contributed by atoms with E-state index in [0.717, 1.165) is 42.9 Å². The number of hydrogen-bond donors (Lipinski definition) is 0. The van der Waals surface area contributed by atoms with Crippen LogP contribution in [0.2, 0.25) is 0 Å². The zero-order valence-electron chi connectivity index (χ0n) is 16.4. The van der Waals surface area contributed by atoms with Gasteiger partial charge in [-0.05, 0) is 51.4 Å². The summed E-state index contributed by atoms with van der Waals surface area (Å²) in [5, 5.41) is 0. The zero-order chi connectivity index (χ0) is 19.9. The number of aromatic nitrogens is 1. The first-order chi connectivity index (χ1) is 13.3. The lowest BCUT2D eigenvalue weighted by Crippen LogP contribution is -2.51. The number of piperidine rings is 1. The first-order valence-corrected chi connectivity index (χ1v) is 11.7. The minimum absolute atomic E-state index is 0.00223. The molecule has 2 aliphatic rings. The first-order valence-electron chi connectivity index (χ1n) is 9.90. The van der Waals surface area contributed by atoms with E-state index in [1.807, 2.05) is 31.2 Å². The van der Waals surface area contributed by atoms with Gasteiger partial charge in [0.2, 0.25) is 5.91 Å². The van der Waals surface area contributed by atoms with Crippen LogP contribution in [-0.2, 0) is 14.6 Å².